The molecular weight excluding hydrogens is 270 g/mol. The van der Waals surface area contributed by atoms with E-state index in [1.165, 1.54) is 0 Å². The molecular formula is C15H19N3O3. The molecule has 2 N–H and O–H groups in total. The van der Waals surface area contributed by atoms with Crippen molar-refractivity contribution in [1.82, 2.24) is 14.9 Å². The highest BCUT2D eigenvalue weighted by Crippen LogP contribution is 2.24. The quantitative estimate of drug-likeness (QED) is 0.868. The van der Waals surface area contributed by atoms with Crippen LogP contribution in [0.15, 0.2) is 30.6 Å². The third kappa shape index (κ3) is 2.77. The van der Waals surface area contributed by atoms with Crippen LogP contribution in [0.3, 0.4) is 0 Å². The van der Waals surface area contributed by atoms with Crippen molar-refractivity contribution < 1.29 is 14.6 Å². The average molecular weight is 289 g/mol. The van der Waals surface area contributed by atoms with Crippen molar-refractivity contribution in [3.63, 3.8) is 0 Å². The van der Waals surface area contributed by atoms with Gasteiger partial charge in [-0.3, -0.25) is 4.79 Å². The second kappa shape index (κ2) is 5.46. The van der Waals surface area contributed by atoms with Crippen LogP contribution in [0.4, 0.5) is 0 Å². The second-order valence-corrected chi connectivity index (χ2v) is 5.50. The van der Waals surface area contributed by atoms with Gasteiger partial charge in [-0.05, 0) is 19.1 Å². The molecule has 0 radical (unpaired) electrons. The normalized spacial score (nSPS) is 25.3. The number of carbonyl (C=O) groups excluding carboxylic acids is 1. The number of imidazole rings is 1. The molecule has 6 nitrogen and oxygen atoms in total. The van der Waals surface area contributed by atoms with Gasteiger partial charge in [0, 0.05) is 19.6 Å². The molecule has 2 unspecified atom stereocenters. The number of nitrogens with one attached hydrogen (secondary N) is 1. The van der Waals surface area contributed by atoms with Gasteiger partial charge in [0.1, 0.15) is 12.1 Å². The molecule has 0 bridgehead atoms. The molecule has 1 saturated heterocycles. The number of amides is 1. The van der Waals surface area contributed by atoms with Gasteiger partial charge >= 0.3 is 0 Å². The van der Waals surface area contributed by atoms with Gasteiger partial charge in [0.15, 0.2) is 0 Å². The Hall–Kier alpha value is -1.92. The van der Waals surface area contributed by atoms with Gasteiger partial charge in [0.2, 0.25) is 5.91 Å². The number of fused-ring (bicyclic) bond motifs is 1. The van der Waals surface area contributed by atoms with Crippen molar-refractivity contribution in [2.24, 2.45) is 0 Å². The summed E-state index contributed by atoms with van der Waals surface area (Å²) in [5.41, 5.74) is 0.817. The van der Waals surface area contributed by atoms with E-state index in [9.17, 15) is 9.90 Å². The molecule has 2 aromatic rings. The number of aliphatic hydroxyl groups is 1. The maximum Gasteiger partial charge on any atom is 0.240 e. The number of para-hydroxylation sites is 2. The van der Waals surface area contributed by atoms with E-state index < -0.39 is 5.60 Å². The number of aromatic nitrogens is 2. The van der Waals surface area contributed by atoms with Crippen molar-refractivity contribution in [3.8, 4) is 0 Å². The number of rotatable bonds is 4. The summed E-state index contributed by atoms with van der Waals surface area (Å²) in [5, 5.41) is 13.1. The Bertz CT molecular complexity index is 654. The van der Waals surface area contributed by atoms with Crippen molar-refractivity contribution in [2.75, 3.05) is 13.2 Å². The average Bonchev–Trinajstić information content (AvgIpc) is 3.03. The van der Waals surface area contributed by atoms with Gasteiger partial charge in [-0.2, -0.15) is 0 Å². The third-order valence-electron chi connectivity index (χ3n) is 4.09. The van der Waals surface area contributed by atoms with Gasteiger partial charge in [-0.1, -0.05) is 12.1 Å². The zero-order valence-electron chi connectivity index (χ0n) is 12.0. The molecule has 2 atom stereocenters. The first-order valence-electron chi connectivity index (χ1n) is 7.09. The fraction of sp³-hybridized carbons (Fsp3) is 0.467. The highest BCUT2D eigenvalue weighted by molar-refractivity contribution is 5.80. The molecule has 0 aliphatic carbocycles. The Labute approximate surface area is 122 Å². The van der Waals surface area contributed by atoms with Crippen molar-refractivity contribution in [1.29, 1.82) is 0 Å². The van der Waals surface area contributed by atoms with Gasteiger partial charge in [0.05, 0.1) is 23.5 Å². The number of carbonyl (C=O) groups is 1. The molecule has 0 saturated carbocycles. The van der Waals surface area contributed by atoms with Crippen LogP contribution >= 0.6 is 0 Å². The van der Waals surface area contributed by atoms with Gasteiger partial charge in [-0.25, -0.2) is 4.98 Å². The summed E-state index contributed by atoms with van der Waals surface area (Å²) in [7, 11) is 0. The minimum absolute atomic E-state index is 0.148. The van der Waals surface area contributed by atoms with E-state index >= 15 is 0 Å². The number of hydrogen-bond donors (Lipinski definition) is 2. The zero-order valence-corrected chi connectivity index (χ0v) is 12.0. The maximum absolute atomic E-state index is 12.0. The van der Waals surface area contributed by atoms with E-state index in [1.807, 2.05) is 31.2 Å². The summed E-state index contributed by atoms with van der Waals surface area (Å²) in [6.45, 7) is 2.74. The summed E-state index contributed by atoms with van der Waals surface area (Å²) in [6.07, 6.45) is 1.94. The Balaban J connectivity index is 1.62. The molecule has 6 heteroatoms. The fourth-order valence-electron chi connectivity index (χ4n) is 2.60. The van der Waals surface area contributed by atoms with E-state index in [2.05, 4.69) is 10.3 Å². The van der Waals surface area contributed by atoms with Crippen LogP contribution < -0.4 is 5.32 Å². The minimum atomic E-state index is -0.966. The van der Waals surface area contributed by atoms with Crippen molar-refractivity contribution in [3.05, 3.63) is 30.6 Å². The lowest BCUT2D eigenvalue weighted by Gasteiger charge is -2.26. The van der Waals surface area contributed by atoms with E-state index in [0.29, 0.717) is 13.0 Å². The summed E-state index contributed by atoms with van der Waals surface area (Å²) >= 11 is 0. The van der Waals surface area contributed by atoms with Crippen molar-refractivity contribution >= 4 is 16.9 Å². The van der Waals surface area contributed by atoms with Crippen LogP contribution in [0.5, 0.6) is 0 Å². The summed E-state index contributed by atoms with van der Waals surface area (Å²) in [4.78, 5) is 16.3. The summed E-state index contributed by atoms with van der Waals surface area (Å²) in [5.74, 6) is -0.148. The second-order valence-electron chi connectivity index (χ2n) is 5.50. The van der Waals surface area contributed by atoms with Crippen molar-refractivity contribution in [2.45, 2.75) is 31.6 Å². The lowest BCUT2D eigenvalue weighted by atomic mass is 9.97. The van der Waals surface area contributed by atoms with Gasteiger partial charge in [-0.15, -0.1) is 0 Å². The first-order valence-corrected chi connectivity index (χ1v) is 7.09. The van der Waals surface area contributed by atoms with Crippen LogP contribution in [0.1, 0.15) is 13.3 Å². The highest BCUT2D eigenvalue weighted by atomic mass is 16.5. The lowest BCUT2D eigenvalue weighted by molar-refractivity contribution is -0.123. The minimum Gasteiger partial charge on any atom is -0.385 e. The Morgan fingerprint density at radius 3 is 3.14 bits per heavy atom. The van der Waals surface area contributed by atoms with E-state index in [0.717, 1.165) is 11.0 Å². The molecule has 1 amide bonds. The standard InChI is InChI=1S/C15H19N3O3/c1-11-15(20,6-7-21-11)9-16-14(19)8-18-10-17-12-4-2-3-5-13(12)18/h2-5,10-11,20H,6-9H2,1H3,(H,16,19). The van der Waals surface area contributed by atoms with Crippen LogP contribution in [0.2, 0.25) is 0 Å². The number of ether oxygens (including phenoxy) is 1. The number of benzene rings is 1. The first-order chi connectivity index (χ1) is 10.1. The molecule has 1 aliphatic rings. The van der Waals surface area contributed by atoms with Crippen LogP contribution in [0.25, 0.3) is 11.0 Å². The number of hydrogen-bond acceptors (Lipinski definition) is 4. The SMILES string of the molecule is CC1OCCC1(O)CNC(=O)Cn1cnc2ccccc21. The molecule has 2 heterocycles. The monoisotopic (exact) mass is 289 g/mol. The molecule has 3 rings (SSSR count). The zero-order chi connectivity index (χ0) is 14.9. The smallest absolute Gasteiger partial charge is 0.240 e. The maximum atomic E-state index is 12.0. The summed E-state index contributed by atoms with van der Waals surface area (Å²) < 4.78 is 7.14. The molecule has 112 valence electrons. The lowest BCUT2D eigenvalue weighted by Crippen LogP contribution is -2.48. The molecule has 1 aliphatic heterocycles. The molecule has 1 fully saturated rings. The van der Waals surface area contributed by atoms with E-state index in [1.54, 1.807) is 10.9 Å². The number of nitrogens with zero attached hydrogens (tertiary/aromatic N) is 2. The van der Waals surface area contributed by atoms with Crippen LogP contribution in [0, 0.1) is 0 Å². The van der Waals surface area contributed by atoms with Gasteiger partial charge < -0.3 is 19.7 Å². The molecule has 21 heavy (non-hydrogen) atoms. The molecule has 1 aromatic heterocycles. The van der Waals surface area contributed by atoms with Gasteiger partial charge in [0.25, 0.3) is 0 Å². The molecule has 1 aromatic carbocycles. The fourth-order valence-corrected chi connectivity index (χ4v) is 2.60. The van der Waals surface area contributed by atoms with E-state index in [-0.39, 0.29) is 25.1 Å². The predicted molar refractivity (Wildman–Crippen MR) is 77.7 cm³/mol. The topological polar surface area (TPSA) is 76.4 Å². The Kier molecular flexibility index (Phi) is 3.65. The van der Waals surface area contributed by atoms with Crippen LogP contribution in [-0.4, -0.2) is 45.4 Å². The Morgan fingerprint density at radius 1 is 1.57 bits per heavy atom. The van der Waals surface area contributed by atoms with Crippen LogP contribution in [-0.2, 0) is 16.1 Å². The first kappa shape index (κ1) is 14.0. The van der Waals surface area contributed by atoms with E-state index in [4.69, 9.17) is 4.74 Å². The molecule has 0 spiro atoms. The summed E-state index contributed by atoms with van der Waals surface area (Å²) in [6, 6.07) is 7.66. The largest absolute Gasteiger partial charge is 0.385 e. The third-order valence-corrected chi connectivity index (χ3v) is 4.09. The predicted octanol–water partition coefficient (Wildman–Crippen LogP) is 0.692. The Morgan fingerprint density at radius 2 is 2.38 bits per heavy atom. The highest BCUT2D eigenvalue weighted by Gasteiger charge is 2.39.